The van der Waals surface area contributed by atoms with Gasteiger partial charge in [0.15, 0.2) is 0 Å². The van der Waals surface area contributed by atoms with E-state index in [2.05, 4.69) is 64.0 Å². The molecule has 0 saturated carbocycles. The molecule has 0 aliphatic carbocycles. The van der Waals surface area contributed by atoms with Crippen molar-refractivity contribution in [3.05, 3.63) is 50.0 Å². The summed E-state index contributed by atoms with van der Waals surface area (Å²) < 4.78 is 0. The molecule has 3 heteroatoms. The van der Waals surface area contributed by atoms with Crippen molar-refractivity contribution in [1.82, 2.24) is 10.3 Å². The smallest absolute Gasteiger partial charge is 0.0900 e. The summed E-state index contributed by atoms with van der Waals surface area (Å²) in [5.41, 5.74) is 6.78. The van der Waals surface area contributed by atoms with Crippen molar-refractivity contribution in [2.24, 2.45) is 0 Å². The molecule has 0 radical (unpaired) electrons. The predicted molar refractivity (Wildman–Crippen MR) is 92.4 cm³/mol. The van der Waals surface area contributed by atoms with Gasteiger partial charge in [-0.05, 0) is 64.3 Å². The minimum absolute atomic E-state index is 0.362. The Hall–Kier alpha value is -1.19. The quantitative estimate of drug-likeness (QED) is 0.874. The number of thiazole rings is 1. The summed E-state index contributed by atoms with van der Waals surface area (Å²) in [5, 5.41) is 4.80. The van der Waals surface area contributed by atoms with Crippen LogP contribution >= 0.6 is 11.3 Å². The number of aromatic nitrogens is 1. The molecule has 0 bridgehead atoms. The molecule has 1 N–H and O–H groups in total. The maximum Gasteiger partial charge on any atom is 0.0900 e. The van der Waals surface area contributed by atoms with Gasteiger partial charge in [0.2, 0.25) is 0 Å². The third-order valence-electron chi connectivity index (χ3n) is 3.96. The molecule has 114 valence electrons. The van der Waals surface area contributed by atoms with Crippen molar-refractivity contribution in [3.8, 4) is 0 Å². The van der Waals surface area contributed by atoms with Crippen LogP contribution in [0.4, 0.5) is 0 Å². The van der Waals surface area contributed by atoms with E-state index in [0.29, 0.717) is 6.04 Å². The highest BCUT2D eigenvalue weighted by Gasteiger charge is 2.19. The molecular weight excluding hydrogens is 276 g/mol. The number of hydrogen-bond donors (Lipinski definition) is 1. The lowest BCUT2D eigenvalue weighted by Gasteiger charge is -2.20. The first kappa shape index (κ1) is 16.2. The van der Waals surface area contributed by atoms with Crippen LogP contribution in [-0.2, 0) is 6.42 Å². The van der Waals surface area contributed by atoms with E-state index >= 15 is 0 Å². The minimum atomic E-state index is 0.362. The van der Waals surface area contributed by atoms with Crippen LogP contribution in [0.5, 0.6) is 0 Å². The van der Waals surface area contributed by atoms with E-state index in [-0.39, 0.29) is 0 Å². The Bertz CT molecular complexity index is 605. The second-order valence-electron chi connectivity index (χ2n) is 5.87. The van der Waals surface area contributed by atoms with Gasteiger partial charge in [-0.25, -0.2) is 4.98 Å². The summed E-state index contributed by atoms with van der Waals surface area (Å²) in [6.45, 7) is 14.0. The van der Waals surface area contributed by atoms with Crippen molar-refractivity contribution >= 4 is 11.3 Å². The number of nitrogens with zero attached hydrogens (tertiary/aromatic N) is 1. The Labute approximate surface area is 132 Å². The SMILES string of the molecule is CCNC(Cc1c(C)cc(C)cc1C)c1sc(C)nc1C. The number of nitrogens with one attached hydrogen (secondary N) is 1. The average molecular weight is 302 g/mol. The zero-order valence-corrected chi connectivity index (χ0v) is 14.8. The highest BCUT2D eigenvalue weighted by atomic mass is 32.1. The molecule has 0 spiro atoms. The minimum Gasteiger partial charge on any atom is -0.309 e. The highest BCUT2D eigenvalue weighted by Crippen LogP contribution is 2.29. The molecule has 1 unspecified atom stereocenters. The molecular formula is C18H26N2S. The zero-order chi connectivity index (χ0) is 15.6. The van der Waals surface area contributed by atoms with E-state index in [0.717, 1.165) is 18.0 Å². The van der Waals surface area contributed by atoms with Crippen LogP contribution in [0, 0.1) is 34.6 Å². The van der Waals surface area contributed by atoms with Crippen molar-refractivity contribution < 1.29 is 0 Å². The van der Waals surface area contributed by atoms with Crippen LogP contribution in [0.1, 0.15) is 50.8 Å². The molecule has 0 saturated heterocycles. The van der Waals surface area contributed by atoms with Gasteiger partial charge in [0.1, 0.15) is 0 Å². The predicted octanol–water partition coefficient (Wildman–Crippen LogP) is 4.58. The number of likely N-dealkylation sites (N-methyl/N-ethyl adjacent to an activating group) is 1. The summed E-state index contributed by atoms with van der Waals surface area (Å²) in [6, 6.07) is 4.94. The monoisotopic (exact) mass is 302 g/mol. The van der Waals surface area contributed by atoms with Crippen molar-refractivity contribution in [3.63, 3.8) is 0 Å². The van der Waals surface area contributed by atoms with Crippen LogP contribution in [0.3, 0.4) is 0 Å². The van der Waals surface area contributed by atoms with Crippen LogP contribution in [0.15, 0.2) is 12.1 Å². The Morgan fingerprint density at radius 3 is 2.19 bits per heavy atom. The summed E-state index contributed by atoms with van der Waals surface area (Å²) >= 11 is 1.82. The Balaban J connectivity index is 2.35. The first-order chi connectivity index (χ1) is 9.92. The summed E-state index contributed by atoms with van der Waals surface area (Å²) in [7, 11) is 0. The normalized spacial score (nSPS) is 12.7. The zero-order valence-electron chi connectivity index (χ0n) is 14.0. The third kappa shape index (κ3) is 3.72. The maximum atomic E-state index is 4.59. The number of hydrogen-bond acceptors (Lipinski definition) is 3. The molecule has 0 fully saturated rings. The van der Waals surface area contributed by atoms with Gasteiger partial charge < -0.3 is 5.32 Å². The van der Waals surface area contributed by atoms with Crippen molar-refractivity contribution in [2.75, 3.05) is 6.54 Å². The number of aryl methyl sites for hydroxylation is 5. The molecule has 2 nitrogen and oxygen atoms in total. The highest BCUT2D eigenvalue weighted by molar-refractivity contribution is 7.11. The van der Waals surface area contributed by atoms with Crippen molar-refractivity contribution in [2.45, 2.75) is 54.0 Å². The second kappa shape index (κ2) is 6.71. The van der Waals surface area contributed by atoms with E-state index in [4.69, 9.17) is 0 Å². The molecule has 2 rings (SSSR count). The van der Waals surface area contributed by atoms with Gasteiger partial charge in [0.25, 0.3) is 0 Å². The summed E-state index contributed by atoms with van der Waals surface area (Å²) in [4.78, 5) is 5.98. The number of rotatable bonds is 5. The molecule has 0 aliphatic rings. The van der Waals surface area contributed by atoms with Gasteiger partial charge in [-0.3, -0.25) is 0 Å². The van der Waals surface area contributed by atoms with Crippen LogP contribution in [0.25, 0.3) is 0 Å². The Morgan fingerprint density at radius 2 is 1.71 bits per heavy atom. The summed E-state index contributed by atoms with van der Waals surface area (Å²) in [6.07, 6.45) is 1.04. The average Bonchev–Trinajstić information content (AvgIpc) is 2.71. The van der Waals surface area contributed by atoms with Gasteiger partial charge >= 0.3 is 0 Å². The topological polar surface area (TPSA) is 24.9 Å². The van der Waals surface area contributed by atoms with Crippen molar-refractivity contribution in [1.29, 1.82) is 0 Å². The van der Waals surface area contributed by atoms with Gasteiger partial charge in [-0.2, -0.15) is 0 Å². The molecule has 2 aromatic rings. The van der Waals surface area contributed by atoms with Gasteiger partial charge in [0, 0.05) is 10.9 Å². The largest absolute Gasteiger partial charge is 0.309 e. The fourth-order valence-corrected chi connectivity index (χ4v) is 4.11. The molecule has 1 aromatic heterocycles. The van der Waals surface area contributed by atoms with Crippen LogP contribution in [0.2, 0.25) is 0 Å². The van der Waals surface area contributed by atoms with E-state index in [9.17, 15) is 0 Å². The maximum absolute atomic E-state index is 4.59. The molecule has 1 heterocycles. The van der Waals surface area contributed by atoms with E-state index in [1.165, 1.54) is 32.8 Å². The Morgan fingerprint density at radius 1 is 1.10 bits per heavy atom. The first-order valence-corrected chi connectivity index (χ1v) is 8.48. The lowest BCUT2D eigenvalue weighted by atomic mass is 9.93. The first-order valence-electron chi connectivity index (χ1n) is 7.66. The fraction of sp³-hybridized carbons (Fsp3) is 0.500. The van der Waals surface area contributed by atoms with Crippen LogP contribution in [-0.4, -0.2) is 11.5 Å². The molecule has 1 aromatic carbocycles. The van der Waals surface area contributed by atoms with Gasteiger partial charge in [-0.1, -0.05) is 24.6 Å². The fourth-order valence-electron chi connectivity index (χ4n) is 3.11. The van der Waals surface area contributed by atoms with E-state index < -0.39 is 0 Å². The molecule has 21 heavy (non-hydrogen) atoms. The Kier molecular flexibility index (Phi) is 5.17. The van der Waals surface area contributed by atoms with E-state index in [1.807, 2.05) is 11.3 Å². The van der Waals surface area contributed by atoms with Crippen LogP contribution < -0.4 is 5.32 Å². The molecule has 0 aliphatic heterocycles. The van der Waals surface area contributed by atoms with Gasteiger partial charge in [0.05, 0.1) is 10.7 Å². The lowest BCUT2D eigenvalue weighted by molar-refractivity contribution is 0.552. The molecule has 1 atom stereocenters. The standard InChI is InChI=1S/C18H26N2S/c1-7-19-17(18-14(5)20-15(6)21-18)10-16-12(3)8-11(2)9-13(16)4/h8-9,17,19H,7,10H2,1-6H3. The third-order valence-corrected chi connectivity index (χ3v) is 5.14. The molecule has 0 amide bonds. The van der Waals surface area contributed by atoms with E-state index in [1.54, 1.807) is 0 Å². The summed E-state index contributed by atoms with van der Waals surface area (Å²) in [5.74, 6) is 0. The second-order valence-corrected chi connectivity index (χ2v) is 7.11. The number of benzene rings is 1. The van der Waals surface area contributed by atoms with Gasteiger partial charge in [-0.15, -0.1) is 11.3 Å². The lowest BCUT2D eigenvalue weighted by Crippen LogP contribution is -2.23.